The van der Waals surface area contributed by atoms with Crippen LogP contribution in [0, 0.1) is 11.3 Å². The van der Waals surface area contributed by atoms with Crippen molar-refractivity contribution in [2.24, 2.45) is 0 Å². The molecule has 0 heterocycles. The monoisotopic (exact) mass is 156 g/mol. The third kappa shape index (κ3) is 5.84. The highest BCUT2D eigenvalue weighted by atomic mass is 16.5. The number of hydrogen-bond donors (Lipinski definition) is 1. The molecule has 3 heteroatoms. The highest BCUT2D eigenvalue weighted by molar-refractivity contribution is 4.72. The molecule has 64 valence electrons. The lowest BCUT2D eigenvalue weighted by atomic mass is 10.2. The van der Waals surface area contributed by atoms with E-state index < -0.39 is 0 Å². The number of nitrogens with zero attached hydrogens (tertiary/aromatic N) is 1. The number of nitriles is 1. The average molecular weight is 156 g/mol. The third-order valence-electron chi connectivity index (χ3n) is 1.53. The Balaban J connectivity index is 3.29. The summed E-state index contributed by atoms with van der Waals surface area (Å²) in [4.78, 5) is 0. The van der Waals surface area contributed by atoms with Crippen molar-refractivity contribution < 1.29 is 4.74 Å². The first kappa shape index (κ1) is 10.4. The van der Waals surface area contributed by atoms with E-state index in [9.17, 15) is 0 Å². The lowest BCUT2D eigenvalue weighted by Gasteiger charge is -2.14. The van der Waals surface area contributed by atoms with Crippen LogP contribution in [0.15, 0.2) is 0 Å². The van der Waals surface area contributed by atoms with E-state index in [1.807, 2.05) is 0 Å². The molecular formula is C8H16N2O. The molecule has 0 bridgehead atoms. The van der Waals surface area contributed by atoms with Crippen LogP contribution in [0.3, 0.4) is 0 Å². The van der Waals surface area contributed by atoms with Crippen LogP contribution in [-0.2, 0) is 4.74 Å². The highest BCUT2D eigenvalue weighted by Crippen LogP contribution is 1.90. The van der Waals surface area contributed by atoms with Crippen LogP contribution in [0.25, 0.3) is 0 Å². The maximum absolute atomic E-state index is 8.26. The Hall–Kier alpha value is -0.590. The second kappa shape index (κ2) is 7.52. The van der Waals surface area contributed by atoms with Crippen molar-refractivity contribution in [3.63, 3.8) is 0 Å². The minimum absolute atomic E-state index is 0.397. The van der Waals surface area contributed by atoms with E-state index in [0.717, 1.165) is 19.6 Å². The van der Waals surface area contributed by atoms with Gasteiger partial charge in [0.2, 0.25) is 0 Å². The van der Waals surface area contributed by atoms with Gasteiger partial charge in [-0.15, -0.1) is 0 Å². The maximum atomic E-state index is 8.26. The minimum atomic E-state index is 0.397. The van der Waals surface area contributed by atoms with E-state index in [1.54, 1.807) is 7.11 Å². The first-order valence-electron chi connectivity index (χ1n) is 3.94. The molecule has 0 aliphatic rings. The van der Waals surface area contributed by atoms with Gasteiger partial charge in [0.15, 0.2) is 0 Å². The first-order chi connectivity index (χ1) is 5.35. The molecule has 3 nitrogen and oxygen atoms in total. The lowest BCUT2D eigenvalue weighted by Crippen LogP contribution is -2.33. The van der Waals surface area contributed by atoms with Crippen LogP contribution in [0.5, 0.6) is 0 Å². The summed E-state index contributed by atoms with van der Waals surface area (Å²) in [5.41, 5.74) is 0. The summed E-state index contributed by atoms with van der Waals surface area (Å²) in [6.45, 7) is 3.59. The molecule has 0 aliphatic carbocycles. The van der Waals surface area contributed by atoms with E-state index in [1.165, 1.54) is 0 Å². The SMILES string of the molecule is CCC(COC)NCCC#N. The molecule has 0 aromatic rings. The summed E-state index contributed by atoms with van der Waals surface area (Å²) < 4.78 is 4.98. The average Bonchev–Trinajstić information content (AvgIpc) is 2.03. The molecule has 0 aromatic heterocycles. The predicted octanol–water partition coefficient (Wildman–Crippen LogP) is 0.915. The van der Waals surface area contributed by atoms with Gasteiger partial charge in [-0.3, -0.25) is 0 Å². The molecule has 0 aliphatic heterocycles. The molecule has 11 heavy (non-hydrogen) atoms. The molecule has 1 unspecified atom stereocenters. The summed E-state index contributed by atoms with van der Waals surface area (Å²) in [5, 5.41) is 11.5. The maximum Gasteiger partial charge on any atom is 0.0635 e. The smallest absolute Gasteiger partial charge is 0.0635 e. The molecule has 0 rings (SSSR count). The van der Waals surface area contributed by atoms with Gasteiger partial charge in [-0.25, -0.2) is 0 Å². The largest absolute Gasteiger partial charge is 0.383 e. The van der Waals surface area contributed by atoms with Crippen molar-refractivity contribution in [3.8, 4) is 6.07 Å². The van der Waals surface area contributed by atoms with Crippen LogP contribution < -0.4 is 5.32 Å². The molecule has 0 spiro atoms. The zero-order valence-corrected chi connectivity index (χ0v) is 7.26. The Morgan fingerprint density at radius 2 is 2.36 bits per heavy atom. The number of ether oxygens (including phenoxy) is 1. The third-order valence-corrected chi connectivity index (χ3v) is 1.53. The molecule has 1 N–H and O–H groups in total. The van der Waals surface area contributed by atoms with Crippen molar-refractivity contribution in [2.75, 3.05) is 20.3 Å². The van der Waals surface area contributed by atoms with Crippen LogP contribution >= 0.6 is 0 Å². The Morgan fingerprint density at radius 3 is 2.82 bits per heavy atom. The van der Waals surface area contributed by atoms with Crippen LogP contribution in [0.2, 0.25) is 0 Å². The summed E-state index contributed by atoms with van der Waals surface area (Å²) in [7, 11) is 1.69. The molecule has 0 amide bonds. The first-order valence-corrected chi connectivity index (χ1v) is 3.94. The Kier molecular flexibility index (Phi) is 7.11. The topological polar surface area (TPSA) is 45.0 Å². The van der Waals surface area contributed by atoms with Crippen molar-refractivity contribution in [1.82, 2.24) is 5.32 Å². The second-order valence-electron chi connectivity index (χ2n) is 2.42. The van der Waals surface area contributed by atoms with Crippen LogP contribution in [0.1, 0.15) is 19.8 Å². The van der Waals surface area contributed by atoms with Gasteiger partial charge in [-0.2, -0.15) is 5.26 Å². The van der Waals surface area contributed by atoms with E-state index in [-0.39, 0.29) is 0 Å². The molecule has 0 radical (unpaired) electrons. The highest BCUT2D eigenvalue weighted by Gasteiger charge is 2.02. The van der Waals surface area contributed by atoms with Gasteiger partial charge in [0.25, 0.3) is 0 Å². The fraction of sp³-hybridized carbons (Fsp3) is 0.875. The number of rotatable bonds is 6. The van der Waals surface area contributed by atoms with E-state index in [0.29, 0.717) is 12.5 Å². The lowest BCUT2D eigenvalue weighted by molar-refractivity contribution is 0.165. The molecule has 0 aromatic carbocycles. The zero-order chi connectivity index (χ0) is 8.53. The van der Waals surface area contributed by atoms with Gasteiger partial charge < -0.3 is 10.1 Å². The standard InChI is InChI=1S/C8H16N2O/c1-3-8(7-11-2)10-6-4-5-9/h8,10H,3-4,6-7H2,1-2H3. The van der Waals surface area contributed by atoms with E-state index in [4.69, 9.17) is 10.00 Å². The van der Waals surface area contributed by atoms with Crippen molar-refractivity contribution >= 4 is 0 Å². The van der Waals surface area contributed by atoms with Gasteiger partial charge in [-0.1, -0.05) is 6.92 Å². The van der Waals surface area contributed by atoms with Crippen molar-refractivity contribution in [1.29, 1.82) is 5.26 Å². The number of nitrogens with one attached hydrogen (secondary N) is 1. The number of methoxy groups -OCH3 is 1. The molecule has 0 saturated carbocycles. The minimum Gasteiger partial charge on any atom is -0.383 e. The Morgan fingerprint density at radius 1 is 1.64 bits per heavy atom. The Labute approximate surface area is 68.3 Å². The normalized spacial score (nSPS) is 12.5. The van der Waals surface area contributed by atoms with Crippen LogP contribution in [0.4, 0.5) is 0 Å². The fourth-order valence-electron chi connectivity index (χ4n) is 0.854. The molecular weight excluding hydrogens is 140 g/mol. The zero-order valence-electron chi connectivity index (χ0n) is 7.26. The summed E-state index contributed by atoms with van der Waals surface area (Å²) in [6, 6.07) is 2.48. The second-order valence-corrected chi connectivity index (χ2v) is 2.42. The summed E-state index contributed by atoms with van der Waals surface area (Å²) >= 11 is 0. The van der Waals surface area contributed by atoms with Gasteiger partial charge in [-0.05, 0) is 6.42 Å². The molecule has 0 saturated heterocycles. The molecule has 1 atom stereocenters. The van der Waals surface area contributed by atoms with Gasteiger partial charge in [0.05, 0.1) is 12.7 Å². The van der Waals surface area contributed by atoms with Gasteiger partial charge >= 0.3 is 0 Å². The van der Waals surface area contributed by atoms with E-state index in [2.05, 4.69) is 18.3 Å². The summed E-state index contributed by atoms with van der Waals surface area (Å²) in [5.74, 6) is 0. The van der Waals surface area contributed by atoms with Crippen molar-refractivity contribution in [3.05, 3.63) is 0 Å². The number of hydrogen-bond acceptors (Lipinski definition) is 3. The fourth-order valence-corrected chi connectivity index (χ4v) is 0.854. The quantitative estimate of drug-likeness (QED) is 0.581. The van der Waals surface area contributed by atoms with Gasteiger partial charge in [0.1, 0.15) is 0 Å². The Bertz CT molecular complexity index is 120. The van der Waals surface area contributed by atoms with Crippen LogP contribution in [-0.4, -0.2) is 26.3 Å². The predicted molar refractivity (Wildman–Crippen MR) is 44.2 cm³/mol. The molecule has 0 fully saturated rings. The van der Waals surface area contributed by atoms with E-state index >= 15 is 0 Å². The van der Waals surface area contributed by atoms with Gasteiger partial charge in [0, 0.05) is 26.1 Å². The van der Waals surface area contributed by atoms with Crippen molar-refractivity contribution in [2.45, 2.75) is 25.8 Å². The summed E-state index contributed by atoms with van der Waals surface area (Å²) in [6.07, 6.45) is 1.61.